The van der Waals surface area contributed by atoms with Crippen LogP contribution in [0.3, 0.4) is 0 Å². The Morgan fingerprint density at radius 2 is 1.78 bits per heavy atom. The highest BCUT2D eigenvalue weighted by Crippen LogP contribution is 2.40. The third kappa shape index (κ3) is 2.53. The van der Waals surface area contributed by atoms with Crippen LogP contribution in [0.5, 0.6) is 0 Å². The fourth-order valence-corrected chi connectivity index (χ4v) is 3.16. The molecule has 5 unspecified atom stereocenters. The molecule has 0 amide bonds. The van der Waals surface area contributed by atoms with Gasteiger partial charge in [-0.2, -0.15) is 0 Å². The van der Waals surface area contributed by atoms with Gasteiger partial charge in [-0.1, -0.05) is 36.2 Å². The number of ether oxygens (including phenoxy) is 1. The molecule has 2 N–H and O–H groups in total. The molecule has 2 rings (SSSR count). The van der Waals surface area contributed by atoms with Gasteiger partial charge in [-0.05, 0) is 37.5 Å². The quantitative estimate of drug-likeness (QED) is 0.891. The van der Waals surface area contributed by atoms with E-state index in [1.54, 1.807) is 6.07 Å². The van der Waals surface area contributed by atoms with E-state index in [0.29, 0.717) is 21.9 Å². The standard InChI is InChI=1S/C14H19Cl2NO/c1-7-8(2)18-9(3)13(7)14(17)10-4-5-11(15)12(16)6-10/h4-9,13-14H,17H2,1-3H3. The summed E-state index contributed by atoms with van der Waals surface area (Å²) in [6.45, 7) is 6.38. The second-order valence-corrected chi connectivity index (χ2v) is 6.00. The zero-order chi connectivity index (χ0) is 13.4. The van der Waals surface area contributed by atoms with Crippen LogP contribution in [0.25, 0.3) is 0 Å². The van der Waals surface area contributed by atoms with Crippen molar-refractivity contribution in [2.45, 2.75) is 39.0 Å². The minimum absolute atomic E-state index is 0.0743. The van der Waals surface area contributed by atoms with E-state index < -0.39 is 0 Å². The molecule has 1 aliphatic rings. The molecule has 18 heavy (non-hydrogen) atoms. The van der Waals surface area contributed by atoms with Crippen molar-refractivity contribution in [3.05, 3.63) is 33.8 Å². The molecule has 0 saturated carbocycles. The molecule has 4 heteroatoms. The van der Waals surface area contributed by atoms with Gasteiger partial charge < -0.3 is 10.5 Å². The monoisotopic (exact) mass is 287 g/mol. The van der Waals surface area contributed by atoms with Crippen molar-refractivity contribution in [2.75, 3.05) is 0 Å². The number of halogens is 2. The van der Waals surface area contributed by atoms with Gasteiger partial charge >= 0.3 is 0 Å². The molecule has 1 aromatic rings. The molecule has 1 aromatic carbocycles. The first-order valence-corrected chi connectivity index (χ1v) is 7.03. The lowest BCUT2D eigenvalue weighted by atomic mass is 9.81. The zero-order valence-electron chi connectivity index (χ0n) is 10.9. The molecular weight excluding hydrogens is 269 g/mol. The average molecular weight is 288 g/mol. The van der Waals surface area contributed by atoms with Gasteiger partial charge in [-0.25, -0.2) is 0 Å². The van der Waals surface area contributed by atoms with Crippen molar-refractivity contribution in [3.8, 4) is 0 Å². The Morgan fingerprint density at radius 1 is 1.11 bits per heavy atom. The van der Waals surface area contributed by atoms with Gasteiger partial charge in [0.05, 0.1) is 22.3 Å². The molecule has 0 bridgehead atoms. The normalized spacial score (nSPS) is 33.7. The van der Waals surface area contributed by atoms with E-state index in [2.05, 4.69) is 20.8 Å². The maximum atomic E-state index is 6.38. The molecule has 0 aromatic heterocycles. The van der Waals surface area contributed by atoms with Crippen LogP contribution < -0.4 is 5.73 Å². The zero-order valence-corrected chi connectivity index (χ0v) is 12.4. The third-order valence-electron chi connectivity index (χ3n) is 4.06. The van der Waals surface area contributed by atoms with Crippen molar-refractivity contribution in [1.29, 1.82) is 0 Å². The first-order chi connectivity index (χ1) is 8.41. The van der Waals surface area contributed by atoms with Gasteiger partial charge in [0, 0.05) is 12.0 Å². The van der Waals surface area contributed by atoms with Crippen molar-refractivity contribution in [1.82, 2.24) is 0 Å². The van der Waals surface area contributed by atoms with E-state index in [0.717, 1.165) is 5.56 Å². The summed E-state index contributed by atoms with van der Waals surface area (Å²) in [5.74, 6) is 0.738. The van der Waals surface area contributed by atoms with E-state index in [9.17, 15) is 0 Å². The van der Waals surface area contributed by atoms with E-state index >= 15 is 0 Å². The molecule has 0 spiro atoms. The maximum absolute atomic E-state index is 6.38. The lowest BCUT2D eigenvalue weighted by molar-refractivity contribution is 0.0489. The first-order valence-electron chi connectivity index (χ1n) is 6.27. The predicted molar refractivity (Wildman–Crippen MR) is 76.1 cm³/mol. The molecule has 1 saturated heterocycles. The summed E-state index contributed by atoms with van der Waals surface area (Å²) < 4.78 is 5.84. The minimum atomic E-state index is -0.0743. The highest BCUT2D eigenvalue weighted by Gasteiger charge is 2.40. The van der Waals surface area contributed by atoms with Crippen LogP contribution in [0.2, 0.25) is 10.0 Å². The summed E-state index contributed by atoms with van der Waals surface area (Å²) in [5, 5.41) is 1.11. The van der Waals surface area contributed by atoms with Gasteiger partial charge in [-0.15, -0.1) is 0 Å². The molecule has 1 heterocycles. The summed E-state index contributed by atoms with van der Waals surface area (Å²) >= 11 is 12.0. The number of hydrogen-bond acceptors (Lipinski definition) is 2. The van der Waals surface area contributed by atoms with Crippen LogP contribution in [0.1, 0.15) is 32.4 Å². The Morgan fingerprint density at radius 3 is 2.28 bits per heavy atom. The number of hydrogen-bond donors (Lipinski definition) is 1. The number of rotatable bonds is 2. The summed E-state index contributed by atoms with van der Waals surface area (Å²) in [6, 6.07) is 5.53. The van der Waals surface area contributed by atoms with E-state index in [4.69, 9.17) is 33.7 Å². The van der Waals surface area contributed by atoms with Gasteiger partial charge in [0.15, 0.2) is 0 Å². The lowest BCUT2D eigenvalue weighted by Crippen LogP contribution is -2.30. The predicted octanol–water partition coefficient (Wildman–Crippen LogP) is 4.05. The van der Waals surface area contributed by atoms with Crippen LogP contribution in [-0.2, 0) is 4.74 Å². The molecule has 1 aliphatic heterocycles. The Bertz CT molecular complexity index is 438. The van der Waals surface area contributed by atoms with Crippen molar-refractivity contribution in [2.24, 2.45) is 17.6 Å². The molecule has 2 nitrogen and oxygen atoms in total. The Labute approximate surface area is 118 Å². The third-order valence-corrected chi connectivity index (χ3v) is 4.80. The largest absolute Gasteiger partial charge is 0.375 e. The van der Waals surface area contributed by atoms with Crippen LogP contribution in [-0.4, -0.2) is 12.2 Å². The van der Waals surface area contributed by atoms with Crippen molar-refractivity contribution in [3.63, 3.8) is 0 Å². The van der Waals surface area contributed by atoms with Crippen LogP contribution >= 0.6 is 23.2 Å². The van der Waals surface area contributed by atoms with Crippen LogP contribution in [0, 0.1) is 11.8 Å². The molecule has 100 valence electrons. The average Bonchev–Trinajstić information content (AvgIpc) is 2.56. The second-order valence-electron chi connectivity index (χ2n) is 5.18. The first kappa shape index (κ1) is 14.1. The molecular formula is C14H19Cl2NO. The fourth-order valence-electron chi connectivity index (χ4n) is 2.85. The van der Waals surface area contributed by atoms with E-state index in [-0.39, 0.29) is 18.2 Å². The van der Waals surface area contributed by atoms with Crippen LogP contribution in [0.4, 0.5) is 0 Å². The summed E-state index contributed by atoms with van der Waals surface area (Å²) in [5.41, 5.74) is 7.40. The Balaban J connectivity index is 2.25. The Hall–Kier alpha value is -0.280. The molecule has 5 atom stereocenters. The maximum Gasteiger partial charge on any atom is 0.0600 e. The summed E-state index contributed by atoms with van der Waals surface area (Å²) in [6.07, 6.45) is 0.415. The lowest BCUT2D eigenvalue weighted by Gasteiger charge is -2.26. The Kier molecular flexibility index (Phi) is 4.22. The fraction of sp³-hybridized carbons (Fsp3) is 0.571. The second kappa shape index (κ2) is 5.38. The number of nitrogens with two attached hydrogens (primary N) is 1. The van der Waals surface area contributed by atoms with Gasteiger partial charge in [-0.3, -0.25) is 0 Å². The van der Waals surface area contributed by atoms with Crippen molar-refractivity contribution >= 4 is 23.2 Å². The topological polar surface area (TPSA) is 35.2 Å². The molecule has 1 fully saturated rings. The van der Waals surface area contributed by atoms with E-state index in [1.165, 1.54) is 0 Å². The smallest absolute Gasteiger partial charge is 0.0600 e. The van der Waals surface area contributed by atoms with Gasteiger partial charge in [0.1, 0.15) is 0 Å². The SMILES string of the molecule is CC1OC(C)C(C(N)c2ccc(Cl)c(Cl)c2)C1C. The summed E-state index contributed by atoms with van der Waals surface area (Å²) in [7, 11) is 0. The highest BCUT2D eigenvalue weighted by atomic mass is 35.5. The minimum Gasteiger partial charge on any atom is -0.375 e. The highest BCUT2D eigenvalue weighted by molar-refractivity contribution is 6.42. The van der Waals surface area contributed by atoms with Crippen LogP contribution in [0.15, 0.2) is 18.2 Å². The number of benzene rings is 1. The van der Waals surface area contributed by atoms with Crippen molar-refractivity contribution < 1.29 is 4.74 Å². The summed E-state index contributed by atoms with van der Waals surface area (Å²) in [4.78, 5) is 0. The van der Waals surface area contributed by atoms with Gasteiger partial charge in [0.2, 0.25) is 0 Å². The molecule has 0 aliphatic carbocycles. The van der Waals surface area contributed by atoms with Gasteiger partial charge in [0.25, 0.3) is 0 Å². The molecule has 0 radical (unpaired) electrons. The van der Waals surface area contributed by atoms with E-state index in [1.807, 2.05) is 12.1 Å².